The lowest BCUT2D eigenvalue weighted by Gasteiger charge is -2.18. The molecule has 6 heteroatoms. The van der Waals surface area contributed by atoms with Gasteiger partial charge in [0.05, 0.1) is 0 Å². The quantitative estimate of drug-likeness (QED) is 0.873. The van der Waals surface area contributed by atoms with Crippen molar-refractivity contribution in [3.63, 3.8) is 0 Å². The Morgan fingerprint density at radius 3 is 2.95 bits per heavy atom. The van der Waals surface area contributed by atoms with Gasteiger partial charge in [-0.25, -0.2) is 9.18 Å². The molecule has 0 spiro atoms. The van der Waals surface area contributed by atoms with E-state index in [1.54, 1.807) is 19.1 Å². The summed E-state index contributed by atoms with van der Waals surface area (Å²) in [6.45, 7) is 7.15. The number of rotatable bonds is 5. The first-order valence-corrected chi connectivity index (χ1v) is 8.06. The number of aryl methyl sites for hydroxylation is 1. The lowest BCUT2D eigenvalue weighted by atomic mass is 10.1. The molecule has 1 saturated heterocycles. The summed E-state index contributed by atoms with van der Waals surface area (Å²) in [5.41, 5.74) is 1.19. The van der Waals surface area contributed by atoms with Crippen LogP contribution in [0.4, 0.5) is 9.18 Å². The highest BCUT2D eigenvalue weighted by molar-refractivity contribution is 6.31. The third-order valence-electron chi connectivity index (χ3n) is 4.02. The Hall–Kier alpha value is -1.33. The highest BCUT2D eigenvalue weighted by Crippen LogP contribution is 2.26. The van der Waals surface area contributed by atoms with Gasteiger partial charge in [0.1, 0.15) is 5.82 Å². The number of likely N-dealkylation sites (tertiary alicyclic amines) is 1. The number of halogens is 2. The number of hydrogen-bond acceptors (Lipinski definition) is 2. The summed E-state index contributed by atoms with van der Waals surface area (Å²) >= 11 is 6.12. The molecule has 0 unspecified atom stereocenters. The van der Waals surface area contributed by atoms with Crippen molar-refractivity contribution >= 4 is 17.6 Å². The molecule has 2 rings (SSSR count). The number of nitrogens with one attached hydrogen (secondary N) is 2. The summed E-state index contributed by atoms with van der Waals surface area (Å²) in [6.07, 6.45) is 0.997. The second-order valence-corrected chi connectivity index (χ2v) is 6.19. The van der Waals surface area contributed by atoms with Crippen molar-refractivity contribution in [2.45, 2.75) is 26.8 Å². The first kappa shape index (κ1) is 17.0. The van der Waals surface area contributed by atoms with E-state index >= 15 is 0 Å². The molecule has 1 atom stereocenters. The lowest BCUT2D eigenvalue weighted by Crippen LogP contribution is -2.38. The maximum Gasteiger partial charge on any atom is 0.314 e. The number of hydrogen-bond donors (Lipinski definition) is 2. The van der Waals surface area contributed by atoms with Crippen molar-refractivity contribution in [3.05, 3.63) is 34.1 Å². The highest BCUT2D eigenvalue weighted by Gasteiger charge is 2.24. The van der Waals surface area contributed by atoms with Gasteiger partial charge in [-0.3, -0.25) is 4.90 Å². The van der Waals surface area contributed by atoms with E-state index in [4.69, 9.17) is 11.6 Å². The van der Waals surface area contributed by atoms with Crippen LogP contribution in [0.25, 0.3) is 0 Å². The van der Waals surface area contributed by atoms with Gasteiger partial charge in [0.25, 0.3) is 0 Å². The molecule has 2 N–H and O–H groups in total. The fraction of sp³-hybridized carbons (Fsp3) is 0.562. The van der Waals surface area contributed by atoms with Crippen molar-refractivity contribution in [1.29, 1.82) is 0 Å². The van der Waals surface area contributed by atoms with E-state index in [9.17, 15) is 9.18 Å². The molecule has 1 aromatic carbocycles. The average Bonchev–Trinajstić information content (AvgIpc) is 2.94. The molecule has 1 aromatic rings. The van der Waals surface area contributed by atoms with E-state index in [-0.39, 0.29) is 11.8 Å². The maximum atomic E-state index is 14.2. The third kappa shape index (κ3) is 4.34. The molecule has 1 heterocycles. The smallest absolute Gasteiger partial charge is 0.314 e. The second kappa shape index (κ2) is 7.79. The molecule has 0 saturated carbocycles. The number of carbonyl (C=O) groups is 1. The average molecular weight is 328 g/mol. The molecule has 1 aliphatic heterocycles. The zero-order chi connectivity index (χ0) is 16.1. The van der Waals surface area contributed by atoms with Crippen molar-refractivity contribution in [3.8, 4) is 0 Å². The molecule has 4 nitrogen and oxygen atoms in total. The highest BCUT2D eigenvalue weighted by atomic mass is 35.5. The molecule has 0 bridgehead atoms. The van der Waals surface area contributed by atoms with Crippen molar-refractivity contribution in [2.24, 2.45) is 5.92 Å². The standard InChI is InChI=1S/C16H23ClFN3O/c1-3-19-16(22)20-8-12-6-7-21(9-12)10-13-14(17)5-4-11(2)15(13)18/h4-5,12H,3,6-10H2,1-2H3,(H2,19,20,22)/t12-/m1/s1. The summed E-state index contributed by atoms with van der Waals surface area (Å²) in [6, 6.07) is 3.32. The van der Waals surface area contributed by atoms with Crippen LogP contribution in [0.5, 0.6) is 0 Å². The van der Waals surface area contributed by atoms with Crippen LogP contribution in [0.15, 0.2) is 12.1 Å². The third-order valence-corrected chi connectivity index (χ3v) is 4.37. The topological polar surface area (TPSA) is 44.4 Å². The Labute approximate surface area is 136 Å². The minimum Gasteiger partial charge on any atom is -0.338 e. The van der Waals surface area contributed by atoms with Gasteiger partial charge >= 0.3 is 6.03 Å². The largest absolute Gasteiger partial charge is 0.338 e. The Morgan fingerprint density at radius 1 is 1.45 bits per heavy atom. The minimum absolute atomic E-state index is 0.131. The summed E-state index contributed by atoms with van der Waals surface area (Å²) in [5, 5.41) is 6.05. The van der Waals surface area contributed by atoms with Gasteiger partial charge in [0.2, 0.25) is 0 Å². The molecule has 122 valence electrons. The zero-order valence-corrected chi connectivity index (χ0v) is 13.8. The number of nitrogens with zero attached hydrogens (tertiary/aromatic N) is 1. The van der Waals surface area contributed by atoms with Crippen LogP contribution in [0.2, 0.25) is 5.02 Å². The summed E-state index contributed by atoms with van der Waals surface area (Å²) in [7, 11) is 0. The van der Waals surface area contributed by atoms with Gasteiger partial charge < -0.3 is 10.6 Å². The predicted octanol–water partition coefficient (Wildman–Crippen LogP) is 2.93. The van der Waals surface area contributed by atoms with E-state index < -0.39 is 0 Å². The molecule has 0 aliphatic carbocycles. The molecular weight excluding hydrogens is 305 g/mol. The Kier molecular flexibility index (Phi) is 6.03. The lowest BCUT2D eigenvalue weighted by molar-refractivity contribution is 0.239. The fourth-order valence-electron chi connectivity index (χ4n) is 2.77. The van der Waals surface area contributed by atoms with Crippen LogP contribution in [0.3, 0.4) is 0 Å². The van der Waals surface area contributed by atoms with Crippen LogP contribution in [-0.4, -0.2) is 37.1 Å². The minimum atomic E-state index is -0.212. The van der Waals surface area contributed by atoms with Gasteiger partial charge in [-0.05, 0) is 44.4 Å². The van der Waals surface area contributed by atoms with Gasteiger partial charge in [0.15, 0.2) is 0 Å². The van der Waals surface area contributed by atoms with Crippen molar-refractivity contribution < 1.29 is 9.18 Å². The van der Waals surface area contributed by atoms with Crippen LogP contribution < -0.4 is 10.6 Å². The van der Waals surface area contributed by atoms with Crippen molar-refractivity contribution in [2.75, 3.05) is 26.2 Å². The van der Waals surface area contributed by atoms with Gasteiger partial charge in [-0.15, -0.1) is 0 Å². The number of carbonyl (C=O) groups excluding carboxylic acids is 1. The van der Waals surface area contributed by atoms with Crippen LogP contribution in [-0.2, 0) is 6.54 Å². The number of benzene rings is 1. The second-order valence-electron chi connectivity index (χ2n) is 5.79. The fourth-order valence-corrected chi connectivity index (χ4v) is 2.97. The molecule has 0 radical (unpaired) electrons. The normalized spacial score (nSPS) is 18.5. The summed E-state index contributed by atoms with van der Waals surface area (Å²) in [5.74, 6) is 0.186. The van der Waals surface area contributed by atoms with Gasteiger partial charge in [-0.2, -0.15) is 0 Å². The van der Waals surface area contributed by atoms with Crippen molar-refractivity contribution in [1.82, 2.24) is 15.5 Å². The van der Waals surface area contributed by atoms with E-state index in [0.717, 1.165) is 19.5 Å². The molecule has 0 aromatic heterocycles. The van der Waals surface area contributed by atoms with Crippen LogP contribution in [0, 0.1) is 18.7 Å². The first-order chi connectivity index (χ1) is 10.5. The van der Waals surface area contributed by atoms with Gasteiger partial charge in [-0.1, -0.05) is 17.7 Å². The van der Waals surface area contributed by atoms with Crippen LogP contribution >= 0.6 is 11.6 Å². The monoisotopic (exact) mass is 327 g/mol. The van der Waals surface area contributed by atoms with Gasteiger partial charge in [0, 0.05) is 36.8 Å². The van der Waals surface area contributed by atoms with E-state index in [1.165, 1.54) is 0 Å². The van der Waals surface area contributed by atoms with E-state index in [2.05, 4.69) is 15.5 Å². The Bertz CT molecular complexity index is 538. The zero-order valence-electron chi connectivity index (χ0n) is 13.1. The van der Waals surface area contributed by atoms with Crippen LogP contribution in [0.1, 0.15) is 24.5 Å². The van der Waals surface area contributed by atoms with E-state index in [0.29, 0.717) is 41.7 Å². The molecule has 2 amide bonds. The maximum absolute atomic E-state index is 14.2. The first-order valence-electron chi connectivity index (χ1n) is 7.68. The predicted molar refractivity (Wildman–Crippen MR) is 86.6 cm³/mol. The molecule has 1 aliphatic rings. The Balaban J connectivity index is 1.87. The number of urea groups is 1. The summed E-state index contributed by atoms with van der Waals surface area (Å²) in [4.78, 5) is 13.6. The number of amides is 2. The SMILES string of the molecule is CCNC(=O)NC[C@H]1CCN(Cc2c(Cl)ccc(C)c2F)C1. The molecule has 1 fully saturated rings. The molecule has 22 heavy (non-hydrogen) atoms. The molecular formula is C16H23ClFN3O. The van der Waals surface area contributed by atoms with E-state index in [1.807, 2.05) is 6.92 Å². The summed E-state index contributed by atoms with van der Waals surface area (Å²) < 4.78 is 14.2. The Morgan fingerprint density at radius 2 is 2.23 bits per heavy atom.